The largest absolute Gasteiger partial charge is 0.475 e. The molecule has 1 amide bonds. The molecule has 0 atom stereocenters. The Bertz CT molecular complexity index is 631. The first kappa shape index (κ1) is 14.9. The summed E-state index contributed by atoms with van der Waals surface area (Å²) in [4.78, 5) is 22.7. The summed E-state index contributed by atoms with van der Waals surface area (Å²) < 4.78 is 10.6. The number of carbonyl (C=O) groups is 2. The Morgan fingerprint density at radius 2 is 1.90 bits per heavy atom. The molecule has 0 saturated carbocycles. The highest BCUT2D eigenvalue weighted by Crippen LogP contribution is 2.17. The average molecular weight is 291 g/mol. The van der Waals surface area contributed by atoms with Crippen LogP contribution in [0.1, 0.15) is 52.0 Å². The molecule has 0 spiro atoms. The van der Waals surface area contributed by atoms with Crippen LogP contribution in [-0.4, -0.2) is 17.0 Å². The number of rotatable bonds is 6. The molecule has 21 heavy (non-hydrogen) atoms. The Morgan fingerprint density at radius 1 is 1.14 bits per heavy atom. The van der Waals surface area contributed by atoms with Crippen LogP contribution in [0.2, 0.25) is 0 Å². The van der Waals surface area contributed by atoms with Crippen LogP contribution in [0.5, 0.6) is 0 Å². The van der Waals surface area contributed by atoms with Crippen LogP contribution in [-0.2, 0) is 19.4 Å². The van der Waals surface area contributed by atoms with E-state index < -0.39 is 5.97 Å². The summed E-state index contributed by atoms with van der Waals surface area (Å²) >= 11 is 0. The maximum absolute atomic E-state index is 12.0. The molecule has 0 bridgehead atoms. The number of carbonyl (C=O) groups excluding carboxylic acids is 1. The van der Waals surface area contributed by atoms with Crippen LogP contribution in [0, 0.1) is 0 Å². The summed E-state index contributed by atoms with van der Waals surface area (Å²) in [6.45, 7) is 4.08. The molecule has 6 nitrogen and oxygen atoms in total. The number of hydrogen-bond donors (Lipinski definition) is 2. The molecule has 2 heterocycles. The van der Waals surface area contributed by atoms with E-state index in [9.17, 15) is 9.59 Å². The van der Waals surface area contributed by atoms with Gasteiger partial charge in [0.15, 0.2) is 5.76 Å². The van der Waals surface area contributed by atoms with Crippen molar-refractivity contribution in [2.24, 2.45) is 0 Å². The molecule has 0 aliphatic carbocycles. The summed E-state index contributed by atoms with van der Waals surface area (Å²) in [5, 5.41) is 11.4. The van der Waals surface area contributed by atoms with E-state index in [-0.39, 0.29) is 24.0 Å². The number of furan rings is 2. The molecular weight excluding hydrogens is 274 g/mol. The molecule has 0 saturated heterocycles. The van der Waals surface area contributed by atoms with Crippen molar-refractivity contribution in [1.29, 1.82) is 0 Å². The second-order valence-corrected chi connectivity index (χ2v) is 4.52. The third-order valence-corrected chi connectivity index (χ3v) is 3.12. The molecular formula is C15H17NO5. The minimum absolute atomic E-state index is 0.107. The van der Waals surface area contributed by atoms with Gasteiger partial charge in [-0.3, -0.25) is 4.79 Å². The van der Waals surface area contributed by atoms with Gasteiger partial charge in [0.2, 0.25) is 5.76 Å². The van der Waals surface area contributed by atoms with Crippen LogP contribution in [0.3, 0.4) is 0 Å². The molecule has 2 N–H and O–H groups in total. The van der Waals surface area contributed by atoms with Gasteiger partial charge in [-0.05, 0) is 30.2 Å². The van der Waals surface area contributed by atoms with E-state index in [2.05, 4.69) is 5.32 Å². The van der Waals surface area contributed by atoms with Crippen molar-refractivity contribution < 1.29 is 23.5 Å². The number of amides is 1. The van der Waals surface area contributed by atoms with E-state index in [1.165, 1.54) is 12.1 Å². The maximum Gasteiger partial charge on any atom is 0.371 e. The van der Waals surface area contributed by atoms with Crippen LogP contribution in [0.25, 0.3) is 0 Å². The number of aromatic carboxylic acids is 1. The zero-order valence-electron chi connectivity index (χ0n) is 11.9. The quantitative estimate of drug-likeness (QED) is 0.853. The summed E-state index contributed by atoms with van der Waals surface area (Å²) in [5.41, 5.74) is 1.02. The van der Waals surface area contributed by atoms with Gasteiger partial charge in [0, 0.05) is 6.42 Å². The van der Waals surface area contributed by atoms with Gasteiger partial charge in [-0.15, -0.1) is 0 Å². The highest BCUT2D eigenvalue weighted by Gasteiger charge is 2.15. The normalized spacial score (nSPS) is 10.6. The Morgan fingerprint density at radius 3 is 2.43 bits per heavy atom. The molecule has 0 aliphatic rings. The average Bonchev–Trinajstić information content (AvgIpc) is 3.10. The van der Waals surface area contributed by atoms with E-state index in [0.29, 0.717) is 5.76 Å². The Kier molecular flexibility index (Phi) is 4.47. The first-order valence-electron chi connectivity index (χ1n) is 6.76. The third-order valence-electron chi connectivity index (χ3n) is 3.12. The van der Waals surface area contributed by atoms with Gasteiger partial charge in [0.25, 0.3) is 5.91 Å². The van der Waals surface area contributed by atoms with Crippen molar-refractivity contribution >= 4 is 11.9 Å². The van der Waals surface area contributed by atoms with E-state index in [4.69, 9.17) is 13.9 Å². The lowest BCUT2D eigenvalue weighted by atomic mass is 10.1. The molecule has 2 aromatic rings. The van der Waals surface area contributed by atoms with E-state index >= 15 is 0 Å². The summed E-state index contributed by atoms with van der Waals surface area (Å²) in [7, 11) is 0. The predicted molar refractivity (Wildman–Crippen MR) is 74.3 cm³/mol. The molecule has 0 aliphatic heterocycles. The number of nitrogens with one attached hydrogen (secondary N) is 1. The molecule has 2 rings (SSSR count). The van der Waals surface area contributed by atoms with E-state index in [1.807, 2.05) is 13.8 Å². The Balaban J connectivity index is 2.00. The zero-order valence-corrected chi connectivity index (χ0v) is 11.9. The lowest BCUT2D eigenvalue weighted by molar-refractivity contribution is 0.0660. The highest BCUT2D eigenvalue weighted by molar-refractivity contribution is 5.91. The lowest BCUT2D eigenvalue weighted by Gasteiger charge is -2.00. The molecule has 2 aromatic heterocycles. The third kappa shape index (κ3) is 3.34. The first-order chi connectivity index (χ1) is 10.0. The smallest absolute Gasteiger partial charge is 0.371 e. The molecule has 112 valence electrons. The minimum Gasteiger partial charge on any atom is -0.475 e. The molecule has 0 aromatic carbocycles. The molecule has 0 unspecified atom stereocenters. The van der Waals surface area contributed by atoms with Gasteiger partial charge in [0.1, 0.15) is 11.5 Å². The fourth-order valence-corrected chi connectivity index (χ4v) is 2.02. The van der Waals surface area contributed by atoms with Gasteiger partial charge in [-0.1, -0.05) is 13.8 Å². The monoisotopic (exact) mass is 291 g/mol. The van der Waals surface area contributed by atoms with Crippen molar-refractivity contribution in [3.63, 3.8) is 0 Å². The first-order valence-corrected chi connectivity index (χ1v) is 6.76. The summed E-state index contributed by atoms with van der Waals surface area (Å²) in [5.74, 6) is -0.198. The van der Waals surface area contributed by atoms with Gasteiger partial charge < -0.3 is 19.3 Å². The zero-order chi connectivity index (χ0) is 15.4. The fourth-order valence-electron chi connectivity index (χ4n) is 2.02. The van der Waals surface area contributed by atoms with Crippen LogP contribution < -0.4 is 5.32 Å². The van der Waals surface area contributed by atoms with Gasteiger partial charge in [0.05, 0.1) is 6.54 Å². The van der Waals surface area contributed by atoms with Crippen LogP contribution in [0.4, 0.5) is 0 Å². The van der Waals surface area contributed by atoms with Crippen LogP contribution >= 0.6 is 0 Å². The number of hydrogen-bond acceptors (Lipinski definition) is 4. The summed E-state index contributed by atoms with van der Waals surface area (Å²) in [6.07, 6.45) is 1.54. The second-order valence-electron chi connectivity index (χ2n) is 4.52. The molecule has 0 fully saturated rings. The number of aryl methyl sites for hydroxylation is 2. The number of carboxylic acid groups (broad SMARTS) is 1. The Labute approximate surface area is 121 Å². The van der Waals surface area contributed by atoms with Gasteiger partial charge >= 0.3 is 5.97 Å². The minimum atomic E-state index is -1.14. The molecule has 6 heteroatoms. The van der Waals surface area contributed by atoms with Gasteiger partial charge in [-0.25, -0.2) is 4.79 Å². The second kappa shape index (κ2) is 6.30. The van der Waals surface area contributed by atoms with Crippen molar-refractivity contribution in [1.82, 2.24) is 5.32 Å². The van der Waals surface area contributed by atoms with E-state index in [1.54, 1.807) is 6.07 Å². The van der Waals surface area contributed by atoms with Gasteiger partial charge in [-0.2, -0.15) is 0 Å². The van der Waals surface area contributed by atoms with Crippen LogP contribution in [0.15, 0.2) is 27.0 Å². The van der Waals surface area contributed by atoms with Crippen molar-refractivity contribution in [3.8, 4) is 0 Å². The predicted octanol–water partition coefficient (Wildman–Crippen LogP) is 2.63. The molecule has 0 radical (unpaired) electrons. The van der Waals surface area contributed by atoms with Crippen molar-refractivity contribution in [3.05, 3.63) is 46.8 Å². The fraction of sp³-hybridized carbons (Fsp3) is 0.333. The van der Waals surface area contributed by atoms with Crippen molar-refractivity contribution in [2.45, 2.75) is 33.2 Å². The lowest BCUT2D eigenvalue weighted by Crippen LogP contribution is -2.22. The van der Waals surface area contributed by atoms with Crippen molar-refractivity contribution in [2.75, 3.05) is 0 Å². The Hall–Kier alpha value is -2.50. The maximum atomic E-state index is 12.0. The highest BCUT2D eigenvalue weighted by atomic mass is 16.4. The SMILES string of the molecule is CCc1cc(C(=O)NCc2ccc(C(=O)O)o2)oc1CC. The van der Waals surface area contributed by atoms with E-state index in [0.717, 1.165) is 24.2 Å². The topological polar surface area (TPSA) is 92.7 Å². The number of carboxylic acids is 1. The summed E-state index contributed by atoms with van der Waals surface area (Å²) in [6, 6.07) is 4.60. The standard InChI is InChI=1S/C15H17NO5/c1-3-9-7-13(21-11(9)4-2)14(17)16-8-10-5-6-12(20-10)15(18)19/h5-7H,3-4,8H2,1-2H3,(H,16,17)(H,18,19).